The minimum absolute atomic E-state index is 0.526. The Bertz CT molecular complexity index is 956. The molecular weight excluding hydrogens is 320 g/mol. The van der Waals surface area contributed by atoms with E-state index >= 15 is 0 Å². The van der Waals surface area contributed by atoms with Gasteiger partial charge in [-0.15, -0.1) is 22.7 Å². The summed E-state index contributed by atoms with van der Waals surface area (Å²) in [4.78, 5) is 10.3. The molecule has 104 valence electrons. The molecule has 0 aliphatic heterocycles. The quantitative estimate of drug-likeness (QED) is 0.409. The second-order valence-corrected chi connectivity index (χ2v) is 7.47. The van der Waals surface area contributed by atoms with Crippen LogP contribution in [0.15, 0.2) is 29.6 Å². The Balaban J connectivity index is 1.99. The molecule has 0 saturated heterocycles. The van der Waals surface area contributed by atoms with E-state index in [9.17, 15) is 0 Å². The first-order valence-electron chi connectivity index (χ1n) is 6.54. The smallest absolute Gasteiger partial charge is 0.171 e. The van der Waals surface area contributed by atoms with Crippen LogP contribution in [0.3, 0.4) is 0 Å². The first-order valence-corrected chi connectivity index (χ1v) is 8.61. The van der Waals surface area contributed by atoms with E-state index in [1.165, 1.54) is 15.0 Å². The molecule has 0 aliphatic carbocycles. The minimum Gasteiger partial charge on any atom is -0.227 e. The van der Waals surface area contributed by atoms with E-state index in [-0.39, 0.29) is 0 Å². The zero-order valence-electron chi connectivity index (χ0n) is 11.5. The molecule has 0 atom stereocenters. The summed E-state index contributed by atoms with van der Waals surface area (Å²) < 4.78 is 2.55. The Morgan fingerprint density at radius 1 is 1.05 bits per heavy atom. The van der Waals surface area contributed by atoms with E-state index in [0.717, 1.165) is 21.3 Å². The van der Waals surface area contributed by atoms with E-state index in [1.54, 1.807) is 22.7 Å². The van der Waals surface area contributed by atoms with Crippen molar-refractivity contribution >= 4 is 54.6 Å². The summed E-state index contributed by atoms with van der Waals surface area (Å²) in [6, 6.07) is 8.45. The monoisotopic (exact) mass is 330 g/mol. The molecule has 2 nitrogen and oxygen atoms in total. The largest absolute Gasteiger partial charge is 0.227 e. The van der Waals surface area contributed by atoms with Crippen molar-refractivity contribution in [1.29, 1.82) is 0 Å². The number of hydrogen-bond acceptors (Lipinski definition) is 4. The van der Waals surface area contributed by atoms with Crippen molar-refractivity contribution in [2.24, 2.45) is 0 Å². The lowest BCUT2D eigenvalue weighted by molar-refractivity contribution is 1.22. The molecule has 4 aromatic rings. The number of aromatic nitrogens is 2. The summed E-state index contributed by atoms with van der Waals surface area (Å²) in [5.41, 5.74) is 3.25. The number of nitrogens with zero attached hydrogens (tertiary/aromatic N) is 2. The summed E-state index contributed by atoms with van der Waals surface area (Å²) in [5.74, 6) is 0.716. The average Bonchev–Trinajstić information content (AvgIpc) is 3.00. The van der Waals surface area contributed by atoms with Crippen LogP contribution in [-0.4, -0.2) is 9.97 Å². The van der Waals surface area contributed by atoms with Crippen LogP contribution in [0.2, 0.25) is 5.15 Å². The second-order valence-electron chi connectivity index (χ2n) is 5.08. The Hall–Kier alpha value is -1.49. The maximum atomic E-state index is 6.38. The van der Waals surface area contributed by atoms with Crippen molar-refractivity contribution < 1.29 is 0 Å². The van der Waals surface area contributed by atoms with Gasteiger partial charge in [0, 0.05) is 14.8 Å². The lowest BCUT2D eigenvalue weighted by atomic mass is 10.1. The first-order chi connectivity index (χ1) is 10.1. The molecule has 21 heavy (non-hydrogen) atoms. The SMILES string of the molecule is Cc1cc(C)c2nc(-c3cc4sccc4s3)nc(Cl)c2c1. The molecule has 3 heterocycles. The highest BCUT2D eigenvalue weighted by atomic mass is 35.5. The van der Waals surface area contributed by atoms with Gasteiger partial charge in [-0.2, -0.15) is 0 Å². The van der Waals surface area contributed by atoms with E-state index in [0.29, 0.717) is 11.0 Å². The number of thiophene rings is 2. The third kappa shape index (κ3) is 2.14. The van der Waals surface area contributed by atoms with Gasteiger partial charge >= 0.3 is 0 Å². The topological polar surface area (TPSA) is 25.8 Å². The summed E-state index contributed by atoms with van der Waals surface area (Å²) >= 11 is 9.83. The number of fused-ring (bicyclic) bond motifs is 2. The van der Waals surface area contributed by atoms with Gasteiger partial charge in [-0.05, 0) is 43.0 Å². The molecule has 0 spiro atoms. The fourth-order valence-corrected chi connectivity index (χ4v) is 4.80. The molecule has 0 bridgehead atoms. The zero-order chi connectivity index (χ0) is 14.6. The predicted molar refractivity (Wildman–Crippen MR) is 92.7 cm³/mol. The van der Waals surface area contributed by atoms with Gasteiger partial charge in [0.1, 0.15) is 5.15 Å². The summed E-state index contributed by atoms with van der Waals surface area (Å²) in [6.45, 7) is 4.12. The molecule has 0 radical (unpaired) electrons. The molecule has 0 N–H and O–H groups in total. The molecular formula is C16H11ClN2S2. The van der Waals surface area contributed by atoms with Gasteiger partial charge in [-0.3, -0.25) is 0 Å². The Morgan fingerprint density at radius 3 is 2.71 bits per heavy atom. The molecule has 0 saturated carbocycles. The second kappa shape index (κ2) is 4.77. The Kier molecular flexibility index (Phi) is 2.99. The van der Waals surface area contributed by atoms with Crippen LogP contribution in [0.25, 0.3) is 31.0 Å². The molecule has 0 unspecified atom stereocenters. The fraction of sp³-hybridized carbons (Fsp3) is 0.125. The van der Waals surface area contributed by atoms with Gasteiger partial charge < -0.3 is 0 Å². The zero-order valence-corrected chi connectivity index (χ0v) is 13.9. The molecule has 3 aromatic heterocycles. The molecule has 0 fully saturated rings. The van der Waals surface area contributed by atoms with E-state index < -0.39 is 0 Å². The molecule has 5 heteroatoms. The average molecular weight is 331 g/mol. The first kappa shape index (κ1) is 13.2. The van der Waals surface area contributed by atoms with Crippen LogP contribution < -0.4 is 0 Å². The maximum absolute atomic E-state index is 6.38. The summed E-state index contributed by atoms with van der Waals surface area (Å²) in [7, 11) is 0. The van der Waals surface area contributed by atoms with Crippen LogP contribution in [0.1, 0.15) is 11.1 Å². The molecule has 0 aliphatic rings. The van der Waals surface area contributed by atoms with Crippen LogP contribution in [0, 0.1) is 13.8 Å². The lowest BCUT2D eigenvalue weighted by Crippen LogP contribution is -1.93. The number of aryl methyl sites for hydroxylation is 2. The number of rotatable bonds is 1. The van der Waals surface area contributed by atoms with Crippen LogP contribution in [0.5, 0.6) is 0 Å². The number of halogens is 1. The fourth-order valence-electron chi connectivity index (χ4n) is 2.54. The number of benzene rings is 1. The highest BCUT2D eigenvalue weighted by molar-refractivity contribution is 7.28. The predicted octanol–water partition coefficient (Wildman–Crippen LogP) is 5.84. The van der Waals surface area contributed by atoms with Crippen LogP contribution >= 0.6 is 34.3 Å². The summed E-state index contributed by atoms with van der Waals surface area (Å²) in [6.07, 6.45) is 0. The van der Waals surface area contributed by atoms with Crippen molar-refractivity contribution in [1.82, 2.24) is 9.97 Å². The Morgan fingerprint density at radius 2 is 1.90 bits per heavy atom. The van der Waals surface area contributed by atoms with Gasteiger partial charge in [-0.25, -0.2) is 9.97 Å². The molecule has 1 aromatic carbocycles. The maximum Gasteiger partial charge on any atom is 0.171 e. The van der Waals surface area contributed by atoms with Crippen molar-refractivity contribution in [3.8, 4) is 10.7 Å². The third-order valence-electron chi connectivity index (χ3n) is 3.45. The van der Waals surface area contributed by atoms with Gasteiger partial charge in [0.2, 0.25) is 0 Å². The molecule has 0 amide bonds. The summed E-state index contributed by atoms with van der Waals surface area (Å²) in [5, 5.41) is 3.56. The van der Waals surface area contributed by atoms with Gasteiger partial charge in [0.15, 0.2) is 5.82 Å². The highest BCUT2D eigenvalue weighted by Gasteiger charge is 2.13. The normalized spacial score (nSPS) is 11.6. The highest BCUT2D eigenvalue weighted by Crippen LogP contribution is 2.36. The van der Waals surface area contributed by atoms with Crippen molar-refractivity contribution in [2.75, 3.05) is 0 Å². The van der Waals surface area contributed by atoms with Gasteiger partial charge in [0.05, 0.1) is 10.4 Å². The minimum atomic E-state index is 0.526. The Labute approximate surface area is 135 Å². The van der Waals surface area contributed by atoms with Crippen molar-refractivity contribution in [3.05, 3.63) is 45.9 Å². The standard InChI is InChI=1S/C16H11ClN2S2/c1-8-5-9(2)14-10(6-8)15(17)19-16(18-14)13-7-12-11(21-13)3-4-20-12/h3-7H,1-2H3. The lowest BCUT2D eigenvalue weighted by Gasteiger charge is -2.07. The van der Waals surface area contributed by atoms with Crippen molar-refractivity contribution in [3.63, 3.8) is 0 Å². The van der Waals surface area contributed by atoms with E-state index in [1.807, 2.05) is 6.07 Å². The van der Waals surface area contributed by atoms with Gasteiger partial charge in [-0.1, -0.05) is 23.2 Å². The van der Waals surface area contributed by atoms with Crippen molar-refractivity contribution in [2.45, 2.75) is 13.8 Å². The van der Waals surface area contributed by atoms with Crippen LogP contribution in [-0.2, 0) is 0 Å². The third-order valence-corrected chi connectivity index (χ3v) is 5.83. The molecule has 4 rings (SSSR count). The van der Waals surface area contributed by atoms with E-state index in [4.69, 9.17) is 16.6 Å². The van der Waals surface area contributed by atoms with E-state index in [2.05, 4.69) is 42.4 Å². The van der Waals surface area contributed by atoms with Crippen LogP contribution in [0.4, 0.5) is 0 Å². The van der Waals surface area contributed by atoms with Gasteiger partial charge in [0.25, 0.3) is 0 Å². The number of hydrogen-bond donors (Lipinski definition) is 0.